The molecule has 0 heterocycles. The molecule has 30 heavy (non-hydrogen) atoms. The Bertz CT molecular complexity index is 1120. The molecule has 0 aliphatic carbocycles. The minimum Gasteiger partial charge on any atom is -0.504 e. The second-order valence-corrected chi connectivity index (χ2v) is 6.11. The van der Waals surface area contributed by atoms with Gasteiger partial charge in [0.05, 0.1) is 18.9 Å². The van der Waals surface area contributed by atoms with Crippen LogP contribution in [0, 0.1) is 5.82 Å². The molecule has 0 aliphatic rings. The van der Waals surface area contributed by atoms with Crippen molar-refractivity contribution in [1.82, 2.24) is 5.43 Å². The Balaban J connectivity index is 1.68. The minimum atomic E-state index is -0.640. The first-order valence-corrected chi connectivity index (χ1v) is 8.85. The van der Waals surface area contributed by atoms with Crippen molar-refractivity contribution in [3.63, 3.8) is 0 Å². The van der Waals surface area contributed by atoms with Crippen molar-refractivity contribution in [3.8, 4) is 11.5 Å². The zero-order valence-electron chi connectivity index (χ0n) is 15.9. The second-order valence-electron chi connectivity index (χ2n) is 6.11. The topological polar surface area (TPSA) is 100 Å². The van der Waals surface area contributed by atoms with Crippen LogP contribution in [0.25, 0.3) is 0 Å². The van der Waals surface area contributed by atoms with Crippen LogP contribution in [0.1, 0.15) is 26.3 Å². The highest BCUT2D eigenvalue weighted by molar-refractivity contribution is 6.05. The summed E-state index contributed by atoms with van der Waals surface area (Å²) in [5.41, 5.74) is 3.15. The van der Waals surface area contributed by atoms with Crippen LogP contribution < -0.4 is 15.5 Å². The number of ether oxygens (including phenoxy) is 1. The van der Waals surface area contributed by atoms with Gasteiger partial charge in [0.1, 0.15) is 5.82 Å². The third-order valence-corrected chi connectivity index (χ3v) is 4.12. The van der Waals surface area contributed by atoms with E-state index in [2.05, 4.69) is 15.8 Å². The number of halogens is 1. The van der Waals surface area contributed by atoms with E-state index in [9.17, 15) is 19.1 Å². The molecular weight excluding hydrogens is 389 g/mol. The van der Waals surface area contributed by atoms with Gasteiger partial charge in [0.2, 0.25) is 0 Å². The zero-order valence-corrected chi connectivity index (χ0v) is 15.9. The van der Waals surface area contributed by atoms with Crippen molar-refractivity contribution >= 4 is 23.7 Å². The molecule has 0 bridgehead atoms. The number of anilines is 1. The molecule has 8 heteroatoms. The molecule has 2 amide bonds. The summed E-state index contributed by atoms with van der Waals surface area (Å²) >= 11 is 0. The number of hydrogen-bond acceptors (Lipinski definition) is 5. The van der Waals surface area contributed by atoms with E-state index < -0.39 is 17.6 Å². The van der Waals surface area contributed by atoms with E-state index in [1.807, 2.05) is 0 Å². The quantitative estimate of drug-likeness (QED) is 0.430. The van der Waals surface area contributed by atoms with Gasteiger partial charge in [0, 0.05) is 16.8 Å². The summed E-state index contributed by atoms with van der Waals surface area (Å²) in [7, 11) is 1.43. The maximum Gasteiger partial charge on any atom is 0.271 e. The second kappa shape index (κ2) is 9.33. The average Bonchev–Trinajstić information content (AvgIpc) is 2.75. The van der Waals surface area contributed by atoms with Gasteiger partial charge in [-0.1, -0.05) is 24.3 Å². The summed E-state index contributed by atoms with van der Waals surface area (Å²) in [5, 5.41) is 16.4. The van der Waals surface area contributed by atoms with Crippen molar-refractivity contribution in [2.75, 3.05) is 12.4 Å². The van der Waals surface area contributed by atoms with Crippen molar-refractivity contribution in [2.45, 2.75) is 0 Å². The van der Waals surface area contributed by atoms with Crippen LogP contribution in [0.15, 0.2) is 71.8 Å². The van der Waals surface area contributed by atoms with Crippen molar-refractivity contribution in [2.24, 2.45) is 5.10 Å². The molecule has 3 N–H and O–H groups in total. The van der Waals surface area contributed by atoms with Gasteiger partial charge in [0.15, 0.2) is 11.5 Å². The highest BCUT2D eigenvalue weighted by atomic mass is 19.1. The molecule has 3 aromatic rings. The lowest BCUT2D eigenvalue weighted by Crippen LogP contribution is -2.18. The maximum atomic E-state index is 13.7. The molecule has 3 rings (SSSR count). The van der Waals surface area contributed by atoms with Gasteiger partial charge >= 0.3 is 0 Å². The number of amides is 2. The third-order valence-electron chi connectivity index (χ3n) is 4.12. The van der Waals surface area contributed by atoms with Gasteiger partial charge < -0.3 is 15.2 Å². The van der Waals surface area contributed by atoms with Crippen LogP contribution in [0.5, 0.6) is 11.5 Å². The molecule has 0 fully saturated rings. The molecule has 0 aromatic heterocycles. The van der Waals surface area contributed by atoms with Crippen LogP contribution in [-0.4, -0.2) is 30.2 Å². The van der Waals surface area contributed by atoms with Crippen molar-refractivity contribution in [1.29, 1.82) is 0 Å². The molecule has 3 aromatic carbocycles. The number of hydrazone groups is 1. The lowest BCUT2D eigenvalue weighted by molar-refractivity contribution is 0.0953. The predicted molar refractivity (Wildman–Crippen MR) is 111 cm³/mol. The summed E-state index contributed by atoms with van der Waals surface area (Å²) in [6, 6.07) is 16.6. The fourth-order valence-corrected chi connectivity index (χ4v) is 2.62. The van der Waals surface area contributed by atoms with E-state index in [1.54, 1.807) is 36.4 Å². The van der Waals surface area contributed by atoms with Crippen LogP contribution in [0.3, 0.4) is 0 Å². The van der Waals surface area contributed by atoms with E-state index >= 15 is 0 Å². The Labute approximate surface area is 171 Å². The Morgan fingerprint density at radius 2 is 1.80 bits per heavy atom. The predicted octanol–water partition coefficient (Wildman–Crippen LogP) is 3.56. The molecule has 0 spiro atoms. The number of methoxy groups -OCH3 is 1. The van der Waals surface area contributed by atoms with Gasteiger partial charge in [-0.05, 0) is 42.5 Å². The third kappa shape index (κ3) is 4.79. The van der Waals surface area contributed by atoms with Gasteiger partial charge in [-0.2, -0.15) is 5.10 Å². The molecule has 0 aliphatic heterocycles. The number of para-hydroxylation sites is 1. The van der Waals surface area contributed by atoms with Gasteiger partial charge in [-0.15, -0.1) is 0 Å². The number of phenols is 1. The SMILES string of the molecule is COc1cccc(C=NNC(=O)c2cccc(NC(=O)c3ccccc3F)c2)c1O. The summed E-state index contributed by atoms with van der Waals surface area (Å²) in [6.45, 7) is 0. The number of rotatable bonds is 6. The fourth-order valence-electron chi connectivity index (χ4n) is 2.62. The largest absolute Gasteiger partial charge is 0.504 e. The highest BCUT2D eigenvalue weighted by Gasteiger charge is 2.12. The first kappa shape index (κ1) is 20.5. The Kier molecular flexibility index (Phi) is 6.39. The number of carbonyl (C=O) groups excluding carboxylic acids is 2. The van der Waals surface area contributed by atoms with E-state index in [1.165, 1.54) is 43.7 Å². The van der Waals surface area contributed by atoms with Gasteiger partial charge in [-0.25, -0.2) is 9.82 Å². The number of aromatic hydroxyl groups is 1. The molecule has 0 unspecified atom stereocenters. The Morgan fingerprint density at radius 3 is 2.57 bits per heavy atom. The number of nitrogens with zero attached hydrogens (tertiary/aromatic N) is 1. The van der Waals surface area contributed by atoms with Crippen LogP contribution in [0.2, 0.25) is 0 Å². The standard InChI is InChI=1S/C22H18FN3O4/c1-30-19-11-5-7-15(20(19)27)13-24-26-21(28)14-6-4-8-16(12-14)25-22(29)17-9-2-3-10-18(17)23/h2-13,27H,1H3,(H,25,29)(H,26,28). The summed E-state index contributed by atoms with van der Waals surface area (Å²) in [6.07, 6.45) is 1.28. The number of hydrogen-bond donors (Lipinski definition) is 3. The molecule has 0 saturated carbocycles. The number of benzene rings is 3. The Hall–Kier alpha value is -4.20. The first-order valence-electron chi connectivity index (χ1n) is 8.85. The van der Waals surface area contributed by atoms with Crippen LogP contribution in [-0.2, 0) is 0 Å². The normalized spacial score (nSPS) is 10.6. The first-order chi connectivity index (χ1) is 14.5. The molecule has 7 nitrogen and oxygen atoms in total. The van der Waals surface area contributed by atoms with E-state index in [0.717, 1.165) is 0 Å². The van der Waals surface area contributed by atoms with E-state index in [0.29, 0.717) is 11.3 Å². The summed E-state index contributed by atoms with van der Waals surface area (Å²) < 4.78 is 18.7. The lowest BCUT2D eigenvalue weighted by Gasteiger charge is -2.08. The summed E-state index contributed by atoms with van der Waals surface area (Å²) in [4.78, 5) is 24.5. The van der Waals surface area contributed by atoms with Crippen LogP contribution >= 0.6 is 0 Å². The molecule has 0 radical (unpaired) electrons. The number of nitrogens with one attached hydrogen (secondary N) is 2. The molecule has 152 valence electrons. The lowest BCUT2D eigenvalue weighted by atomic mass is 10.1. The number of carbonyl (C=O) groups is 2. The van der Waals surface area contributed by atoms with Gasteiger partial charge in [0.25, 0.3) is 11.8 Å². The maximum absolute atomic E-state index is 13.7. The molecule has 0 atom stereocenters. The average molecular weight is 407 g/mol. The van der Waals surface area contributed by atoms with Crippen molar-refractivity contribution < 1.29 is 23.8 Å². The highest BCUT2D eigenvalue weighted by Crippen LogP contribution is 2.27. The monoisotopic (exact) mass is 407 g/mol. The minimum absolute atomic E-state index is 0.101. The fraction of sp³-hybridized carbons (Fsp3) is 0.0455. The van der Waals surface area contributed by atoms with Crippen LogP contribution in [0.4, 0.5) is 10.1 Å². The van der Waals surface area contributed by atoms with E-state index in [-0.39, 0.29) is 22.6 Å². The van der Waals surface area contributed by atoms with Crippen molar-refractivity contribution in [3.05, 3.63) is 89.2 Å². The number of phenolic OH excluding ortho intramolecular Hbond substituents is 1. The smallest absolute Gasteiger partial charge is 0.271 e. The van der Waals surface area contributed by atoms with Gasteiger partial charge in [-0.3, -0.25) is 9.59 Å². The van der Waals surface area contributed by atoms with E-state index in [4.69, 9.17) is 4.74 Å². The zero-order chi connectivity index (χ0) is 21.5. The Morgan fingerprint density at radius 1 is 1.03 bits per heavy atom. The summed E-state index contributed by atoms with van der Waals surface area (Å²) in [5.74, 6) is -1.62. The molecule has 0 saturated heterocycles. The molecular formula is C22H18FN3O4.